The number of amides is 1. The molecule has 0 saturated carbocycles. The molecule has 23 heavy (non-hydrogen) atoms. The summed E-state index contributed by atoms with van der Waals surface area (Å²) in [6.45, 7) is 2.32. The van der Waals surface area contributed by atoms with Crippen molar-refractivity contribution in [1.29, 1.82) is 0 Å². The van der Waals surface area contributed by atoms with Gasteiger partial charge < -0.3 is 4.90 Å². The first-order chi connectivity index (χ1) is 11.1. The number of nitrogens with zero attached hydrogens (tertiary/aromatic N) is 1. The molecule has 0 N–H and O–H groups in total. The highest BCUT2D eigenvalue weighted by Gasteiger charge is 2.24. The van der Waals surface area contributed by atoms with Gasteiger partial charge in [-0.25, -0.2) is 0 Å². The van der Waals surface area contributed by atoms with E-state index in [0.29, 0.717) is 6.54 Å². The molecule has 1 aliphatic heterocycles. The average molecular weight is 305 g/mol. The van der Waals surface area contributed by atoms with Gasteiger partial charge in [-0.3, -0.25) is 9.59 Å². The summed E-state index contributed by atoms with van der Waals surface area (Å²) in [6.07, 6.45) is 4.91. The number of carbonyl (C=O) groups is 2. The molecule has 116 valence electrons. The van der Waals surface area contributed by atoms with Crippen molar-refractivity contribution in [1.82, 2.24) is 4.90 Å². The van der Waals surface area contributed by atoms with E-state index in [1.807, 2.05) is 30.3 Å². The van der Waals surface area contributed by atoms with Crippen molar-refractivity contribution < 1.29 is 9.59 Å². The number of benzene rings is 2. The highest BCUT2D eigenvalue weighted by Crippen LogP contribution is 2.21. The first kappa shape index (κ1) is 15.2. The van der Waals surface area contributed by atoms with Crippen LogP contribution in [0.1, 0.15) is 34.0 Å². The summed E-state index contributed by atoms with van der Waals surface area (Å²) in [5.41, 5.74) is 4.01. The van der Waals surface area contributed by atoms with Crippen LogP contribution in [0, 0.1) is 0 Å². The molecule has 1 amide bonds. The van der Waals surface area contributed by atoms with Crippen molar-refractivity contribution in [3.8, 4) is 0 Å². The molecule has 0 aromatic heterocycles. The third kappa shape index (κ3) is 3.57. The summed E-state index contributed by atoms with van der Waals surface area (Å²) in [4.78, 5) is 25.3. The summed E-state index contributed by atoms with van der Waals surface area (Å²) in [5, 5.41) is 0. The van der Waals surface area contributed by atoms with E-state index in [9.17, 15) is 9.59 Å². The van der Waals surface area contributed by atoms with Crippen LogP contribution in [-0.2, 0) is 11.2 Å². The lowest BCUT2D eigenvalue weighted by atomic mass is 9.96. The van der Waals surface area contributed by atoms with E-state index in [2.05, 4.69) is 30.4 Å². The molecule has 0 atom stereocenters. The zero-order valence-electron chi connectivity index (χ0n) is 13.2. The molecule has 0 fully saturated rings. The van der Waals surface area contributed by atoms with Gasteiger partial charge in [-0.15, -0.1) is 0 Å². The van der Waals surface area contributed by atoms with Crippen LogP contribution in [-0.4, -0.2) is 29.7 Å². The average Bonchev–Trinajstić information content (AvgIpc) is 2.56. The van der Waals surface area contributed by atoms with Gasteiger partial charge in [0.1, 0.15) is 5.78 Å². The van der Waals surface area contributed by atoms with Crippen molar-refractivity contribution in [3.05, 3.63) is 70.8 Å². The number of ketones is 1. The molecule has 0 unspecified atom stereocenters. The monoisotopic (exact) mass is 305 g/mol. The third-order valence-electron chi connectivity index (χ3n) is 3.98. The predicted octanol–water partition coefficient (Wildman–Crippen LogP) is 3.44. The fourth-order valence-corrected chi connectivity index (χ4v) is 2.84. The Hall–Kier alpha value is -2.68. The van der Waals surface area contributed by atoms with Gasteiger partial charge in [0.25, 0.3) is 5.91 Å². The summed E-state index contributed by atoms with van der Waals surface area (Å²) < 4.78 is 0. The van der Waals surface area contributed by atoms with Gasteiger partial charge in [0.2, 0.25) is 0 Å². The molecule has 0 bridgehead atoms. The molecular formula is C20H19NO2. The van der Waals surface area contributed by atoms with Crippen molar-refractivity contribution in [3.63, 3.8) is 0 Å². The molecule has 1 heterocycles. The van der Waals surface area contributed by atoms with Crippen LogP contribution in [0.3, 0.4) is 0 Å². The molecule has 2 aromatic carbocycles. The molecule has 0 radical (unpaired) electrons. The molecule has 1 aliphatic rings. The fourth-order valence-electron chi connectivity index (χ4n) is 2.84. The van der Waals surface area contributed by atoms with E-state index < -0.39 is 0 Å². The molecule has 3 rings (SSSR count). The van der Waals surface area contributed by atoms with Gasteiger partial charge in [0.05, 0.1) is 6.54 Å². The largest absolute Gasteiger partial charge is 0.331 e. The number of fused-ring (bicyclic) bond motifs is 1. The van der Waals surface area contributed by atoms with Gasteiger partial charge in [0.15, 0.2) is 0 Å². The Kier molecular flexibility index (Phi) is 4.38. The second-order valence-corrected chi connectivity index (χ2v) is 5.84. The van der Waals surface area contributed by atoms with Crippen LogP contribution < -0.4 is 0 Å². The maximum atomic E-state index is 12.4. The standard InChI is InChI=1S/C20H19NO2/c1-15(22)14-21-12-11-18-13-17(9-10-19(18)20(21)23)8-7-16-5-3-2-4-6-16/h2-10,13H,11-12,14H2,1H3. The summed E-state index contributed by atoms with van der Waals surface area (Å²) in [5.74, 6) is -0.0238. The number of Topliss-reactive ketones (excluding diaryl/α,β-unsaturated/α-hetero) is 1. The second-order valence-electron chi connectivity index (χ2n) is 5.84. The smallest absolute Gasteiger partial charge is 0.254 e. The summed E-state index contributed by atoms with van der Waals surface area (Å²) >= 11 is 0. The topological polar surface area (TPSA) is 37.4 Å². The van der Waals surface area contributed by atoms with Crippen LogP contribution in [0.4, 0.5) is 0 Å². The second kappa shape index (κ2) is 6.61. The Morgan fingerprint density at radius 2 is 1.83 bits per heavy atom. The van der Waals surface area contributed by atoms with E-state index in [0.717, 1.165) is 28.7 Å². The lowest BCUT2D eigenvalue weighted by molar-refractivity contribution is -0.117. The Bertz CT molecular complexity index is 762. The Labute approximate surface area is 136 Å². The van der Waals surface area contributed by atoms with Crippen LogP contribution in [0.5, 0.6) is 0 Å². The summed E-state index contributed by atoms with van der Waals surface area (Å²) in [7, 11) is 0. The van der Waals surface area contributed by atoms with Crippen LogP contribution in [0.2, 0.25) is 0 Å². The molecule has 0 spiro atoms. The lowest BCUT2D eigenvalue weighted by Crippen LogP contribution is -2.40. The number of hydrogen-bond donors (Lipinski definition) is 0. The van der Waals surface area contributed by atoms with E-state index in [1.54, 1.807) is 4.90 Å². The third-order valence-corrected chi connectivity index (χ3v) is 3.98. The normalized spacial score (nSPS) is 14.1. The van der Waals surface area contributed by atoms with E-state index in [-0.39, 0.29) is 18.2 Å². The number of carbonyl (C=O) groups excluding carboxylic acids is 2. The van der Waals surface area contributed by atoms with Crippen LogP contribution in [0.15, 0.2) is 48.5 Å². The lowest BCUT2D eigenvalue weighted by Gasteiger charge is -2.27. The number of rotatable bonds is 4. The Morgan fingerprint density at radius 3 is 2.57 bits per heavy atom. The zero-order valence-corrected chi connectivity index (χ0v) is 13.2. The van der Waals surface area contributed by atoms with Crippen molar-refractivity contribution in [2.45, 2.75) is 13.3 Å². The maximum absolute atomic E-state index is 12.4. The number of hydrogen-bond acceptors (Lipinski definition) is 2. The van der Waals surface area contributed by atoms with Crippen LogP contribution >= 0.6 is 0 Å². The maximum Gasteiger partial charge on any atom is 0.254 e. The van der Waals surface area contributed by atoms with Gasteiger partial charge in [-0.05, 0) is 36.1 Å². The van der Waals surface area contributed by atoms with Gasteiger partial charge >= 0.3 is 0 Å². The van der Waals surface area contributed by atoms with E-state index in [4.69, 9.17) is 0 Å². The highest BCUT2D eigenvalue weighted by molar-refractivity contribution is 5.99. The first-order valence-corrected chi connectivity index (χ1v) is 7.78. The highest BCUT2D eigenvalue weighted by atomic mass is 16.2. The van der Waals surface area contributed by atoms with Crippen molar-refractivity contribution >= 4 is 23.8 Å². The Morgan fingerprint density at radius 1 is 1.09 bits per heavy atom. The van der Waals surface area contributed by atoms with Gasteiger partial charge in [0, 0.05) is 12.1 Å². The van der Waals surface area contributed by atoms with Crippen molar-refractivity contribution in [2.75, 3.05) is 13.1 Å². The molecule has 3 heteroatoms. The molecule has 2 aromatic rings. The molecule has 0 aliphatic carbocycles. The van der Waals surface area contributed by atoms with Crippen LogP contribution in [0.25, 0.3) is 12.2 Å². The Balaban J connectivity index is 1.80. The van der Waals surface area contributed by atoms with Gasteiger partial charge in [-0.1, -0.05) is 54.6 Å². The minimum atomic E-state index is -0.0416. The summed E-state index contributed by atoms with van der Waals surface area (Å²) in [6, 6.07) is 16.0. The molecule has 0 saturated heterocycles. The fraction of sp³-hybridized carbons (Fsp3) is 0.200. The minimum absolute atomic E-state index is 0.0178. The SMILES string of the molecule is CC(=O)CN1CCc2cc(C=Cc3ccccc3)ccc2C1=O. The van der Waals surface area contributed by atoms with E-state index in [1.165, 1.54) is 6.92 Å². The zero-order chi connectivity index (χ0) is 16.2. The quantitative estimate of drug-likeness (QED) is 0.811. The predicted molar refractivity (Wildman–Crippen MR) is 92.1 cm³/mol. The van der Waals surface area contributed by atoms with E-state index >= 15 is 0 Å². The first-order valence-electron chi connectivity index (χ1n) is 7.78. The van der Waals surface area contributed by atoms with Gasteiger partial charge in [-0.2, -0.15) is 0 Å². The molecular weight excluding hydrogens is 286 g/mol. The molecule has 3 nitrogen and oxygen atoms in total. The van der Waals surface area contributed by atoms with Crippen molar-refractivity contribution in [2.24, 2.45) is 0 Å². The minimum Gasteiger partial charge on any atom is -0.331 e.